The van der Waals surface area contributed by atoms with Gasteiger partial charge in [0.2, 0.25) is 0 Å². The fourth-order valence-electron chi connectivity index (χ4n) is 3.74. The molecule has 0 radical (unpaired) electrons. The molecule has 1 aliphatic heterocycles. The zero-order valence-electron chi connectivity index (χ0n) is 11.8. The van der Waals surface area contributed by atoms with Crippen molar-refractivity contribution in [1.82, 2.24) is 9.88 Å². The van der Waals surface area contributed by atoms with Crippen LogP contribution in [0.5, 0.6) is 0 Å². The van der Waals surface area contributed by atoms with Crippen LogP contribution in [0.15, 0.2) is 36.7 Å². The Morgan fingerprint density at radius 1 is 1.30 bits per heavy atom. The molecule has 20 heavy (non-hydrogen) atoms. The van der Waals surface area contributed by atoms with Gasteiger partial charge in [-0.15, -0.1) is 0 Å². The van der Waals surface area contributed by atoms with Gasteiger partial charge >= 0.3 is 0 Å². The SMILES string of the molecule is CC1CC(O)(c2cccc3ccncc23)CN1C1CC1. The van der Waals surface area contributed by atoms with E-state index < -0.39 is 5.60 Å². The molecule has 2 aliphatic rings. The van der Waals surface area contributed by atoms with E-state index in [4.69, 9.17) is 0 Å². The van der Waals surface area contributed by atoms with Crippen LogP contribution in [-0.2, 0) is 5.60 Å². The summed E-state index contributed by atoms with van der Waals surface area (Å²) in [6, 6.07) is 9.36. The fraction of sp³-hybridized carbons (Fsp3) is 0.471. The van der Waals surface area contributed by atoms with E-state index in [1.807, 2.05) is 24.5 Å². The Kier molecular flexibility index (Phi) is 2.63. The minimum Gasteiger partial charge on any atom is -0.384 e. The number of benzene rings is 1. The average molecular weight is 268 g/mol. The predicted molar refractivity (Wildman–Crippen MR) is 79.4 cm³/mol. The first-order chi connectivity index (χ1) is 9.67. The van der Waals surface area contributed by atoms with Gasteiger partial charge in [0.1, 0.15) is 5.60 Å². The van der Waals surface area contributed by atoms with Gasteiger partial charge in [-0.25, -0.2) is 0 Å². The number of hydrogen-bond acceptors (Lipinski definition) is 3. The molecule has 0 amide bonds. The van der Waals surface area contributed by atoms with Gasteiger partial charge in [-0.1, -0.05) is 18.2 Å². The predicted octanol–water partition coefficient (Wildman–Crippen LogP) is 2.68. The highest BCUT2D eigenvalue weighted by atomic mass is 16.3. The van der Waals surface area contributed by atoms with Gasteiger partial charge in [0, 0.05) is 36.4 Å². The topological polar surface area (TPSA) is 36.4 Å². The van der Waals surface area contributed by atoms with Crippen LogP contribution >= 0.6 is 0 Å². The van der Waals surface area contributed by atoms with Crippen LogP contribution in [0.2, 0.25) is 0 Å². The number of likely N-dealkylation sites (tertiary alicyclic amines) is 1. The number of aromatic nitrogens is 1. The molecule has 0 bridgehead atoms. The van der Waals surface area contributed by atoms with Crippen LogP contribution < -0.4 is 0 Å². The van der Waals surface area contributed by atoms with E-state index in [1.165, 1.54) is 12.8 Å². The maximum absolute atomic E-state index is 11.2. The maximum atomic E-state index is 11.2. The molecule has 1 aromatic heterocycles. The monoisotopic (exact) mass is 268 g/mol. The Hall–Kier alpha value is -1.45. The highest BCUT2D eigenvalue weighted by Crippen LogP contribution is 2.43. The van der Waals surface area contributed by atoms with Gasteiger partial charge in [0.25, 0.3) is 0 Å². The molecule has 2 heterocycles. The summed E-state index contributed by atoms with van der Waals surface area (Å²) in [6.45, 7) is 2.99. The molecule has 4 rings (SSSR count). The molecule has 2 fully saturated rings. The molecule has 0 spiro atoms. The lowest BCUT2D eigenvalue weighted by molar-refractivity contribution is 0.0466. The van der Waals surface area contributed by atoms with Crippen molar-refractivity contribution in [3.05, 3.63) is 42.2 Å². The Balaban J connectivity index is 1.78. The highest BCUT2D eigenvalue weighted by molar-refractivity contribution is 5.85. The summed E-state index contributed by atoms with van der Waals surface area (Å²) in [6.07, 6.45) is 7.09. The molecule has 2 unspecified atom stereocenters. The van der Waals surface area contributed by atoms with E-state index in [-0.39, 0.29) is 0 Å². The smallest absolute Gasteiger partial charge is 0.104 e. The molecule has 1 saturated carbocycles. The number of fused-ring (bicyclic) bond motifs is 1. The first-order valence-corrected chi connectivity index (χ1v) is 7.49. The average Bonchev–Trinajstić information content (AvgIpc) is 3.24. The van der Waals surface area contributed by atoms with Crippen molar-refractivity contribution < 1.29 is 5.11 Å². The second-order valence-electron chi connectivity index (χ2n) is 6.39. The van der Waals surface area contributed by atoms with Gasteiger partial charge in [-0.05, 0) is 43.2 Å². The minimum absolute atomic E-state index is 0.458. The van der Waals surface area contributed by atoms with Crippen LogP contribution in [0.3, 0.4) is 0 Å². The van der Waals surface area contributed by atoms with E-state index in [1.54, 1.807) is 0 Å². The van der Waals surface area contributed by atoms with Crippen LogP contribution in [0.4, 0.5) is 0 Å². The molecule has 1 aliphatic carbocycles. The van der Waals surface area contributed by atoms with E-state index in [0.717, 1.165) is 29.3 Å². The molecular formula is C17H20N2O. The number of hydrogen-bond donors (Lipinski definition) is 1. The molecule has 3 nitrogen and oxygen atoms in total. The number of nitrogens with zero attached hydrogens (tertiary/aromatic N) is 2. The summed E-state index contributed by atoms with van der Waals surface area (Å²) >= 11 is 0. The maximum Gasteiger partial charge on any atom is 0.104 e. The van der Waals surface area contributed by atoms with E-state index in [0.29, 0.717) is 12.1 Å². The van der Waals surface area contributed by atoms with Gasteiger partial charge in [-0.2, -0.15) is 0 Å². The van der Waals surface area contributed by atoms with Crippen LogP contribution in [0, 0.1) is 0 Å². The summed E-state index contributed by atoms with van der Waals surface area (Å²) in [5.41, 5.74) is 0.308. The lowest BCUT2D eigenvalue weighted by Crippen LogP contribution is -2.33. The van der Waals surface area contributed by atoms with Crippen LogP contribution in [0.25, 0.3) is 10.8 Å². The lowest BCUT2D eigenvalue weighted by Gasteiger charge is -2.25. The Morgan fingerprint density at radius 3 is 2.95 bits per heavy atom. The van der Waals surface area contributed by atoms with Crippen molar-refractivity contribution in [2.45, 2.75) is 43.9 Å². The van der Waals surface area contributed by atoms with Gasteiger partial charge in [-0.3, -0.25) is 9.88 Å². The summed E-state index contributed by atoms with van der Waals surface area (Å²) in [5, 5.41) is 13.5. The van der Waals surface area contributed by atoms with Crippen molar-refractivity contribution >= 4 is 10.8 Å². The van der Waals surface area contributed by atoms with Crippen LogP contribution in [-0.4, -0.2) is 33.6 Å². The number of rotatable bonds is 2. The van der Waals surface area contributed by atoms with Crippen molar-refractivity contribution in [3.63, 3.8) is 0 Å². The van der Waals surface area contributed by atoms with E-state index in [2.05, 4.69) is 28.9 Å². The third kappa shape index (κ3) is 1.85. The molecule has 1 saturated heterocycles. The Labute approximate surface area is 119 Å². The summed E-state index contributed by atoms with van der Waals surface area (Å²) < 4.78 is 0. The van der Waals surface area contributed by atoms with E-state index >= 15 is 0 Å². The second-order valence-corrected chi connectivity index (χ2v) is 6.39. The van der Waals surface area contributed by atoms with Crippen LogP contribution in [0.1, 0.15) is 31.7 Å². The second kappa shape index (κ2) is 4.27. The van der Waals surface area contributed by atoms with Gasteiger partial charge in [0.05, 0.1) is 0 Å². The van der Waals surface area contributed by atoms with Gasteiger partial charge in [0.15, 0.2) is 0 Å². The molecule has 1 aromatic carbocycles. The van der Waals surface area contributed by atoms with Crippen molar-refractivity contribution in [3.8, 4) is 0 Å². The zero-order chi connectivity index (χ0) is 13.7. The summed E-state index contributed by atoms with van der Waals surface area (Å²) in [5.74, 6) is 0. The minimum atomic E-state index is -0.732. The first-order valence-electron chi connectivity index (χ1n) is 7.49. The first kappa shape index (κ1) is 12.3. The standard InChI is InChI=1S/C17H20N2O/c1-12-9-17(20,11-19(12)14-5-6-14)16-4-2-3-13-7-8-18-10-15(13)16/h2-4,7-8,10,12,14,20H,5-6,9,11H2,1H3. The van der Waals surface area contributed by atoms with E-state index in [9.17, 15) is 5.11 Å². The Bertz CT molecular complexity index is 647. The Morgan fingerprint density at radius 2 is 2.15 bits per heavy atom. The molecule has 104 valence electrons. The normalized spacial score (nSPS) is 31.0. The largest absolute Gasteiger partial charge is 0.384 e. The molecule has 3 heteroatoms. The summed E-state index contributed by atoms with van der Waals surface area (Å²) in [7, 11) is 0. The van der Waals surface area contributed by atoms with Crippen molar-refractivity contribution in [1.29, 1.82) is 0 Å². The number of aliphatic hydroxyl groups is 1. The van der Waals surface area contributed by atoms with Crippen molar-refractivity contribution in [2.75, 3.05) is 6.54 Å². The lowest BCUT2D eigenvalue weighted by atomic mass is 9.88. The highest BCUT2D eigenvalue weighted by Gasteiger charge is 2.47. The fourth-order valence-corrected chi connectivity index (χ4v) is 3.74. The third-order valence-electron chi connectivity index (χ3n) is 4.84. The molecule has 2 aromatic rings. The molecular weight excluding hydrogens is 248 g/mol. The van der Waals surface area contributed by atoms with Crippen molar-refractivity contribution in [2.24, 2.45) is 0 Å². The number of β-amino-alcohol motifs (C(OH)–C–C–N with tert-alkyl or cyclic N) is 1. The third-order valence-corrected chi connectivity index (χ3v) is 4.84. The quantitative estimate of drug-likeness (QED) is 0.909. The molecule has 1 N–H and O–H groups in total. The summed E-state index contributed by atoms with van der Waals surface area (Å²) in [4.78, 5) is 6.72. The molecule has 2 atom stereocenters. The number of pyridine rings is 1. The zero-order valence-corrected chi connectivity index (χ0v) is 11.8. The van der Waals surface area contributed by atoms with Gasteiger partial charge < -0.3 is 5.11 Å².